The first kappa shape index (κ1) is 21.2. The lowest BCUT2D eigenvalue weighted by atomic mass is 9.97. The lowest BCUT2D eigenvalue weighted by Crippen LogP contribution is -2.51. The van der Waals surface area contributed by atoms with Gasteiger partial charge in [-0.05, 0) is 62.1 Å². The van der Waals surface area contributed by atoms with Gasteiger partial charge in [-0.25, -0.2) is 9.37 Å². The van der Waals surface area contributed by atoms with Crippen LogP contribution in [0.3, 0.4) is 0 Å². The summed E-state index contributed by atoms with van der Waals surface area (Å²) in [5, 5.41) is 4.00. The molecule has 3 aromatic rings. The smallest absolute Gasteiger partial charge is 0.279 e. The van der Waals surface area contributed by atoms with Crippen LogP contribution in [0.2, 0.25) is 0 Å². The number of hydrogen-bond donors (Lipinski definition) is 1. The van der Waals surface area contributed by atoms with Crippen LogP contribution in [0.1, 0.15) is 32.6 Å². The number of amides is 1. The third-order valence-corrected chi connectivity index (χ3v) is 7.23. The summed E-state index contributed by atoms with van der Waals surface area (Å²) in [4.78, 5) is 18.2. The second-order valence-electron chi connectivity index (χ2n) is 8.42. The van der Waals surface area contributed by atoms with E-state index in [4.69, 9.17) is 9.47 Å². The van der Waals surface area contributed by atoms with Crippen LogP contribution in [0.4, 0.5) is 4.39 Å². The van der Waals surface area contributed by atoms with Crippen molar-refractivity contribution < 1.29 is 18.7 Å². The van der Waals surface area contributed by atoms with E-state index in [0.29, 0.717) is 45.9 Å². The largest absolute Gasteiger partial charge is 0.492 e. The molecule has 5 rings (SSSR count). The Hall–Kier alpha value is -2.71. The molecule has 2 aliphatic heterocycles. The number of carbonyl (C=O) groups is 1. The van der Waals surface area contributed by atoms with Gasteiger partial charge in [-0.2, -0.15) is 0 Å². The van der Waals surface area contributed by atoms with Crippen LogP contribution < -0.4 is 14.8 Å². The number of ether oxygens (including phenoxy) is 2. The highest BCUT2D eigenvalue weighted by Crippen LogP contribution is 2.36. The zero-order chi connectivity index (χ0) is 22.1. The van der Waals surface area contributed by atoms with Crippen molar-refractivity contribution in [2.24, 2.45) is 0 Å². The minimum absolute atomic E-state index is 0.210. The van der Waals surface area contributed by atoms with Crippen molar-refractivity contribution in [1.82, 2.24) is 15.2 Å². The number of nitrogens with zero attached hydrogens (tertiary/aromatic N) is 2. The van der Waals surface area contributed by atoms with E-state index in [0.717, 1.165) is 38.0 Å². The second-order valence-corrected chi connectivity index (χ2v) is 9.39. The van der Waals surface area contributed by atoms with Gasteiger partial charge in [0, 0.05) is 31.6 Å². The number of piperidine rings is 1. The number of nitrogens with one attached hydrogen (secondary N) is 1. The standard InChI is InChI=1S/C24H26FN3O3S/c1-15(29)28-17-5-6-18(28)14-16(13-17)26-11-12-30-19-7-9-20(10-8-19)31-24-27-22-4-2-3-21(25)23(22)32-24/h2-4,7-10,16-18,26H,5-6,11-14H2,1H3/t16-,17-,18+. The minimum atomic E-state index is -0.288. The van der Waals surface area contributed by atoms with Crippen molar-refractivity contribution in [2.45, 2.75) is 50.7 Å². The summed E-state index contributed by atoms with van der Waals surface area (Å²) in [5.41, 5.74) is 0.595. The molecule has 2 fully saturated rings. The minimum Gasteiger partial charge on any atom is -0.492 e. The molecule has 3 atom stereocenters. The van der Waals surface area contributed by atoms with Gasteiger partial charge in [0.05, 0.1) is 10.2 Å². The van der Waals surface area contributed by atoms with E-state index in [1.165, 1.54) is 17.4 Å². The van der Waals surface area contributed by atoms with Gasteiger partial charge in [-0.1, -0.05) is 17.4 Å². The van der Waals surface area contributed by atoms with Crippen LogP contribution in [-0.4, -0.2) is 47.1 Å². The average Bonchev–Trinajstić information content (AvgIpc) is 3.31. The number of fused-ring (bicyclic) bond motifs is 3. The molecule has 2 aromatic carbocycles. The van der Waals surface area contributed by atoms with E-state index in [9.17, 15) is 9.18 Å². The number of thiazole rings is 1. The van der Waals surface area contributed by atoms with Gasteiger partial charge in [-0.3, -0.25) is 4.79 Å². The molecule has 2 saturated heterocycles. The molecule has 32 heavy (non-hydrogen) atoms. The van der Waals surface area contributed by atoms with E-state index in [2.05, 4.69) is 15.2 Å². The predicted octanol–water partition coefficient (Wildman–Crippen LogP) is 4.74. The lowest BCUT2D eigenvalue weighted by Gasteiger charge is -2.38. The van der Waals surface area contributed by atoms with Crippen LogP contribution in [0.5, 0.6) is 16.7 Å². The van der Waals surface area contributed by atoms with E-state index in [1.807, 2.05) is 24.3 Å². The molecule has 3 heterocycles. The molecule has 0 saturated carbocycles. The summed E-state index contributed by atoms with van der Waals surface area (Å²) >= 11 is 1.19. The summed E-state index contributed by atoms with van der Waals surface area (Å²) in [7, 11) is 0. The Morgan fingerprint density at radius 1 is 1.16 bits per heavy atom. The number of aromatic nitrogens is 1. The van der Waals surface area contributed by atoms with Crippen LogP contribution in [0, 0.1) is 5.82 Å². The highest BCUT2D eigenvalue weighted by atomic mass is 32.1. The maximum atomic E-state index is 13.8. The van der Waals surface area contributed by atoms with Gasteiger partial charge in [0.2, 0.25) is 5.91 Å². The molecule has 0 radical (unpaired) electrons. The molecule has 1 aromatic heterocycles. The van der Waals surface area contributed by atoms with E-state index >= 15 is 0 Å². The summed E-state index contributed by atoms with van der Waals surface area (Å²) in [5.74, 6) is 1.31. The van der Waals surface area contributed by atoms with Gasteiger partial charge in [0.1, 0.15) is 23.9 Å². The fraction of sp³-hybridized carbons (Fsp3) is 0.417. The van der Waals surface area contributed by atoms with Crippen LogP contribution in [0.25, 0.3) is 10.2 Å². The molecule has 0 spiro atoms. The fourth-order valence-corrected chi connectivity index (χ4v) is 5.77. The molecule has 1 N–H and O–H groups in total. The normalized spacial score (nSPS) is 22.3. The number of halogens is 1. The molecule has 6 nitrogen and oxygen atoms in total. The number of benzene rings is 2. The summed E-state index contributed by atoms with van der Waals surface area (Å²) in [6, 6.07) is 13.4. The third kappa shape index (κ3) is 4.42. The molecule has 168 valence electrons. The average molecular weight is 456 g/mol. The molecular formula is C24H26FN3O3S. The number of hydrogen-bond acceptors (Lipinski definition) is 6. The van der Waals surface area contributed by atoms with Crippen molar-refractivity contribution in [1.29, 1.82) is 0 Å². The third-order valence-electron chi connectivity index (χ3n) is 6.28. The monoisotopic (exact) mass is 455 g/mol. The Kier molecular flexibility index (Phi) is 5.97. The summed E-state index contributed by atoms with van der Waals surface area (Å²) in [6.07, 6.45) is 4.30. The van der Waals surface area contributed by atoms with Crippen molar-refractivity contribution in [2.75, 3.05) is 13.2 Å². The van der Waals surface area contributed by atoms with Crippen molar-refractivity contribution in [3.05, 3.63) is 48.3 Å². The van der Waals surface area contributed by atoms with Crippen LogP contribution >= 0.6 is 11.3 Å². The SMILES string of the molecule is CC(=O)N1[C@@H]2CC[C@H]1C[C@H](NCCOc1ccc(Oc3nc4cccc(F)c4s3)cc1)C2. The van der Waals surface area contributed by atoms with E-state index < -0.39 is 0 Å². The predicted molar refractivity (Wildman–Crippen MR) is 122 cm³/mol. The van der Waals surface area contributed by atoms with Gasteiger partial charge in [0.15, 0.2) is 0 Å². The highest BCUT2D eigenvalue weighted by molar-refractivity contribution is 7.20. The first-order valence-electron chi connectivity index (χ1n) is 11.0. The topological polar surface area (TPSA) is 63.7 Å². The Morgan fingerprint density at radius 2 is 1.88 bits per heavy atom. The highest BCUT2D eigenvalue weighted by Gasteiger charge is 2.41. The summed E-state index contributed by atoms with van der Waals surface area (Å²) in [6.45, 7) is 3.02. The Morgan fingerprint density at radius 3 is 2.56 bits per heavy atom. The quantitative estimate of drug-likeness (QED) is 0.522. The molecule has 2 aliphatic rings. The molecular weight excluding hydrogens is 429 g/mol. The molecule has 2 bridgehead atoms. The Labute approximate surface area is 190 Å². The second kappa shape index (κ2) is 9.03. The molecule has 0 unspecified atom stereocenters. The van der Waals surface area contributed by atoms with Gasteiger partial charge >= 0.3 is 0 Å². The molecule has 1 amide bonds. The maximum absolute atomic E-state index is 13.8. The van der Waals surface area contributed by atoms with Crippen molar-refractivity contribution in [3.8, 4) is 16.7 Å². The maximum Gasteiger partial charge on any atom is 0.279 e. The fourth-order valence-electron chi connectivity index (χ4n) is 4.93. The van der Waals surface area contributed by atoms with E-state index in [-0.39, 0.29) is 11.7 Å². The molecule has 8 heteroatoms. The van der Waals surface area contributed by atoms with E-state index in [1.54, 1.807) is 19.1 Å². The Balaban J connectivity index is 1.08. The zero-order valence-electron chi connectivity index (χ0n) is 17.9. The van der Waals surface area contributed by atoms with Crippen LogP contribution in [0.15, 0.2) is 42.5 Å². The van der Waals surface area contributed by atoms with Gasteiger partial charge in [0.25, 0.3) is 5.19 Å². The van der Waals surface area contributed by atoms with Crippen molar-refractivity contribution in [3.63, 3.8) is 0 Å². The van der Waals surface area contributed by atoms with Gasteiger partial charge in [-0.15, -0.1) is 0 Å². The number of carbonyl (C=O) groups excluding carboxylic acids is 1. The first-order valence-corrected chi connectivity index (χ1v) is 11.9. The van der Waals surface area contributed by atoms with Crippen LogP contribution in [-0.2, 0) is 4.79 Å². The zero-order valence-corrected chi connectivity index (χ0v) is 18.7. The lowest BCUT2D eigenvalue weighted by molar-refractivity contribution is -0.133. The van der Waals surface area contributed by atoms with Crippen molar-refractivity contribution >= 4 is 27.5 Å². The number of rotatable bonds is 7. The Bertz CT molecular complexity index is 1090. The first-order chi connectivity index (χ1) is 15.6. The molecule has 0 aliphatic carbocycles. The summed E-state index contributed by atoms with van der Waals surface area (Å²) < 4.78 is 25.9. The van der Waals surface area contributed by atoms with Gasteiger partial charge < -0.3 is 19.7 Å².